The summed E-state index contributed by atoms with van der Waals surface area (Å²) in [6, 6.07) is 12.5. The van der Waals surface area contributed by atoms with Gasteiger partial charge in [0.2, 0.25) is 17.8 Å². The summed E-state index contributed by atoms with van der Waals surface area (Å²) >= 11 is 0. The predicted molar refractivity (Wildman–Crippen MR) is 119 cm³/mol. The molecule has 1 saturated heterocycles. The van der Waals surface area contributed by atoms with Crippen LogP contribution in [-0.4, -0.2) is 57.5 Å². The molecule has 1 aliphatic rings. The third-order valence-corrected chi connectivity index (χ3v) is 4.52. The van der Waals surface area contributed by atoms with Gasteiger partial charge in [0.25, 0.3) is 5.69 Å². The van der Waals surface area contributed by atoms with Crippen LogP contribution >= 0.6 is 0 Å². The van der Waals surface area contributed by atoms with Gasteiger partial charge >= 0.3 is 0 Å². The fourth-order valence-electron chi connectivity index (χ4n) is 2.90. The van der Waals surface area contributed by atoms with E-state index in [2.05, 4.69) is 30.8 Å². The Morgan fingerprint density at radius 2 is 1.72 bits per heavy atom. The molecule has 0 radical (unpaired) electrons. The van der Waals surface area contributed by atoms with E-state index in [0.717, 1.165) is 5.56 Å². The molecule has 3 aromatic rings. The first-order valence-electron chi connectivity index (χ1n) is 9.75. The number of hydrogen-bond donors (Lipinski definition) is 3. The lowest BCUT2D eigenvalue weighted by molar-refractivity contribution is -0.384. The Labute approximate surface area is 182 Å². The Hall–Kier alpha value is -4.32. The van der Waals surface area contributed by atoms with Crippen LogP contribution in [0.15, 0.2) is 53.6 Å². The number of non-ortho nitro benzene ring substituents is 1. The molecule has 0 bridgehead atoms. The zero-order valence-corrected chi connectivity index (χ0v) is 16.9. The van der Waals surface area contributed by atoms with E-state index in [1.165, 1.54) is 12.1 Å². The highest BCUT2D eigenvalue weighted by Gasteiger charge is 2.17. The highest BCUT2D eigenvalue weighted by molar-refractivity contribution is 5.80. The third kappa shape index (κ3) is 5.43. The molecule has 2 aromatic carbocycles. The second kappa shape index (κ2) is 9.66. The van der Waals surface area contributed by atoms with E-state index < -0.39 is 4.92 Å². The highest BCUT2D eigenvalue weighted by Crippen LogP contribution is 2.21. The first-order valence-corrected chi connectivity index (χ1v) is 9.75. The highest BCUT2D eigenvalue weighted by atomic mass is 16.6. The summed E-state index contributed by atoms with van der Waals surface area (Å²) in [7, 11) is 0. The minimum Gasteiger partial charge on any atom is -0.508 e. The number of nitrogens with zero attached hydrogens (tertiary/aromatic N) is 6. The van der Waals surface area contributed by atoms with Crippen LogP contribution in [0.3, 0.4) is 0 Å². The topological polar surface area (TPSA) is 151 Å². The fourth-order valence-corrected chi connectivity index (χ4v) is 2.90. The van der Waals surface area contributed by atoms with Crippen molar-refractivity contribution in [2.24, 2.45) is 5.10 Å². The van der Waals surface area contributed by atoms with E-state index in [4.69, 9.17) is 4.74 Å². The maximum atomic E-state index is 10.9. The Morgan fingerprint density at radius 1 is 1.03 bits per heavy atom. The molecule has 1 aromatic heterocycles. The molecule has 0 atom stereocenters. The Bertz CT molecular complexity index is 1100. The van der Waals surface area contributed by atoms with Gasteiger partial charge < -0.3 is 20.1 Å². The van der Waals surface area contributed by atoms with Gasteiger partial charge in [0.15, 0.2) is 0 Å². The number of nitro benzene ring substituents is 1. The maximum absolute atomic E-state index is 10.9. The van der Waals surface area contributed by atoms with Crippen molar-refractivity contribution in [3.8, 4) is 5.75 Å². The first kappa shape index (κ1) is 20.9. The van der Waals surface area contributed by atoms with Crippen molar-refractivity contribution in [3.63, 3.8) is 0 Å². The molecule has 0 unspecified atom stereocenters. The zero-order valence-electron chi connectivity index (χ0n) is 16.9. The molecule has 164 valence electrons. The predicted octanol–water partition coefficient (Wildman–Crippen LogP) is 2.51. The molecule has 1 aliphatic heterocycles. The molecular weight excluding hydrogens is 416 g/mol. The summed E-state index contributed by atoms with van der Waals surface area (Å²) in [5.74, 6) is 1.11. The number of morpholine rings is 1. The van der Waals surface area contributed by atoms with Gasteiger partial charge in [-0.1, -0.05) is 0 Å². The largest absolute Gasteiger partial charge is 0.508 e. The Kier molecular flexibility index (Phi) is 6.32. The minimum absolute atomic E-state index is 0.00822. The van der Waals surface area contributed by atoms with E-state index in [1.54, 1.807) is 42.6 Å². The minimum atomic E-state index is -0.461. The molecule has 0 saturated carbocycles. The van der Waals surface area contributed by atoms with Crippen molar-refractivity contribution in [3.05, 3.63) is 64.2 Å². The van der Waals surface area contributed by atoms with Gasteiger partial charge in [-0.3, -0.25) is 10.1 Å². The summed E-state index contributed by atoms with van der Waals surface area (Å²) in [4.78, 5) is 25.6. The van der Waals surface area contributed by atoms with Crippen LogP contribution in [0.4, 0.5) is 29.2 Å². The number of anilines is 4. The first-order chi connectivity index (χ1) is 15.6. The van der Waals surface area contributed by atoms with Gasteiger partial charge in [0.1, 0.15) is 5.75 Å². The maximum Gasteiger partial charge on any atom is 0.269 e. The van der Waals surface area contributed by atoms with Gasteiger partial charge in [-0.25, -0.2) is 5.43 Å². The number of nitro groups is 1. The van der Waals surface area contributed by atoms with Crippen molar-refractivity contribution in [1.82, 2.24) is 15.0 Å². The summed E-state index contributed by atoms with van der Waals surface area (Å²) in [5, 5.41) is 27.4. The fraction of sp³-hybridized carbons (Fsp3) is 0.200. The van der Waals surface area contributed by atoms with Crippen LogP contribution in [0.25, 0.3) is 0 Å². The zero-order chi connectivity index (χ0) is 22.3. The Balaban J connectivity index is 1.55. The molecule has 0 spiro atoms. The second-order valence-electron chi connectivity index (χ2n) is 6.77. The molecular formula is C20H20N8O4. The normalized spacial score (nSPS) is 13.8. The number of hydrazone groups is 1. The quantitative estimate of drug-likeness (QED) is 0.286. The monoisotopic (exact) mass is 436 g/mol. The third-order valence-electron chi connectivity index (χ3n) is 4.52. The smallest absolute Gasteiger partial charge is 0.269 e. The molecule has 12 nitrogen and oxygen atoms in total. The summed E-state index contributed by atoms with van der Waals surface area (Å²) < 4.78 is 5.39. The van der Waals surface area contributed by atoms with E-state index in [9.17, 15) is 15.2 Å². The number of rotatable bonds is 7. The summed E-state index contributed by atoms with van der Waals surface area (Å²) in [5.41, 5.74) is 4.16. The lowest BCUT2D eigenvalue weighted by Crippen LogP contribution is -2.37. The summed E-state index contributed by atoms with van der Waals surface area (Å²) in [6.45, 7) is 2.41. The average Bonchev–Trinajstić information content (AvgIpc) is 2.81. The number of ether oxygens (including phenoxy) is 1. The van der Waals surface area contributed by atoms with Crippen molar-refractivity contribution < 1.29 is 14.8 Å². The van der Waals surface area contributed by atoms with Crippen LogP contribution < -0.4 is 15.6 Å². The standard InChI is InChI=1S/C20H20N8O4/c29-17-7-1-14(2-8-17)13-21-26-19-23-18(22-15-3-5-16(6-4-15)28(30)31)24-20(25-19)27-9-11-32-12-10-27/h1-8,13,29H,9-12H2,(H2,22,23,24,25,26)/b21-13-. The van der Waals surface area contributed by atoms with Gasteiger partial charge in [0.05, 0.1) is 24.4 Å². The van der Waals surface area contributed by atoms with E-state index >= 15 is 0 Å². The lowest BCUT2D eigenvalue weighted by Gasteiger charge is -2.27. The van der Waals surface area contributed by atoms with Gasteiger partial charge in [-0.05, 0) is 42.0 Å². The second-order valence-corrected chi connectivity index (χ2v) is 6.77. The van der Waals surface area contributed by atoms with E-state index in [0.29, 0.717) is 37.9 Å². The number of phenols is 1. The van der Waals surface area contributed by atoms with Crippen molar-refractivity contribution >= 4 is 35.4 Å². The lowest BCUT2D eigenvalue weighted by atomic mass is 10.2. The van der Waals surface area contributed by atoms with Crippen molar-refractivity contribution in [1.29, 1.82) is 0 Å². The number of aromatic nitrogens is 3. The van der Waals surface area contributed by atoms with Gasteiger partial charge in [-0.2, -0.15) is 20.1 Å². The number of nitrogens with one attached hydrogen (secondary N) is 2. The number of aromatic hydroxyl groups is 1. The van der Waals surface area contributed by atoms with Gasteiger partial charge in [0, 0.05) is 30.9 Å². The van der Waals surface area contributed by atoms with E-state index in [1.807, 2.05) is 4.90 Å². The molecule has 4 rings (SSSR count). The molecule has 0 aliphatic carbocycles. The molecule has 12 heteroatoms. The number of benzene rings is 2. The molecule has 1 fully saturated rings. The van der Waals surface area contributed by atoms with Gasteiger partial charge in [-0.15, -0.1) is 0 Å². The Morgan fingerprint density at radius 3 is 2.41 bits per heavy atom. The van der Waals surface area contributed by atoms with Crippen LogP contribution in [0.1, 0.15) is 5.56 Å². The van der Waals surface area contributed by atoms with Crippen LogP contribution in [0, 0.1) is 10.1 Å². The summed E-state index contributed by atoms with van der Waals surface area (Å²) in [6.07, 6.45) is 1.57. The average molecular weight is 436 g/mol. The molecule has 32 heavy (non-hydrogen) atoms. The number of phenolic OH excluding ortho intramolecular Hbond substituents is 1. The molecule has 2 heterocycles. The van der Waals surface area contributed by atoms with Crippen LogP contribution in [0.5, 0.6) is 5.75 Å². The molecule has 3 N–H and O–H groups in total. The van der Waals surface area contributed by atoms with Crippen molar-refractivity contribution in [2.75, 3.05) is 41.9 Å². The molecule has 0 amide bonds. The van der Waals surface area contributed by atoms with Crippen LogP contribution in [-0.2, 0) is 4.74 Å². The van der Waals surface area contributed by atoms with E-state index in [-0.39, 0.29) is 23.3 Å². The SMILES string of the molecule is O=[N+]([O-])c1ccc(Nc2nc(N/N=C\c3ccc(O)cc3)nc(N3CCOCC3)n2)cc1. The number of hydrogen-bond acceptors (Lipinski definition) is 11. The van der Waals surface area contributed by atoms with Crippen LogP contribution in [0.2, 0.25) is 0 Å². The van der Waals surface area contributed by atoms with Crippen molar-refractivity contribution in [2.45, 2.75) is 0 Å².